The zero-order valence-electron chi connectivity index (χ0n) is 13.4. The summed E-state index contributed by atoms with van der Waals surface area (Å²) in [7, 11) is 1.52. The molecule has 2 aromatic rings. The molecule has 122 valence electrons. The van der Waals surface area contributed by atoms with Crippen LogP contribution in [0.4, 0.5) is 4.39 Å². The molecular formula is C17H20FN3O2. The van der Waals surface area contributed by atoms with E-state index in [0.29, 0.717) is 43.1 Å². The third-order valence-electron chi connectivity index (χ3n) is 4.22. The summed E-state index contributed by atoms with van der Waals surface area (Å²) in [6.07, 6.45) is 1.34. The van der Waals surface area contributed by atoms with Crippen LogP contribution in [-0.2, 0) is 19.4 Å². The second-order valence-corrected chi connectivity index (χ2v) is 5.81. The van der Waals surface area contributed by atoms with E-state index in [1.165, 1.54) is 13.2 Å². The fraction of sp³-hybridized carbons (Fsp3) is 0.412. The number of methoxy groups -OCH3 is 1. The highest BCUT2D eigenvalue weighted by molar-refractivity contribution is 5.29. The molecule has 1 aliphatic heterocycles. The van der Waals surface area contributed by atoms with Crippen molar-refractivity contribution in [2.45, 2.75) is 26.3 Å². The fourth-order valence-corrected chi connectivity index (χ4v) is 2.96. The van der Waals surface area contributed by atoms with E-state index < -0.39 is 0 Å². The van der Waals surface area contributed by atoms with Crippen LogP contribution < -0.4 is 10.3 Å². The van der Waals surface area contributed by atoms with Crippen LogP contribution in [0.15, 0.2) is 23.0 Å². The Labute approximate surface area is 134 Å². The molecule has 2 heterocycles. The number of nitrogens with one attached hydrogen (secondary N) is 1. The molecule has 1 aliphatic rings. The van der Waals surface area contributed by atoms with Gasteiger partial charge in [0, 0.05) is 43.2 Å². The monoisotopic (exact) mass is 317 g/mol. The summed E-state index contributed by atoms with van der Waals surface area (Å²) < 4.78 is 19.1. The number of hydrogen-bond acceptors (Lipinski definition) is 4. The van der Waals surface area contributed by atoms with Crippen LogP contribution in [0.2, 0.25) is 0 Å². The first-order chi connectivity index (χ1) is 11.1. The molecule has 1 N–H and O–H groups in total. The Kier molecular flexibility index (Phi) is 4.43. The zero-order chi connectivity index (χ0) is 16.4. The van der Waals surface area contributed by atoms with Gasteiger partial charge >= 0.3 is 0 Å². The van der Waals surface area contributed by atoms with Crippen molar-refractivity contribution in [3.8, 4) is 5.75 Å². The first-order valence-electron chi connectivity index (χ1n) is 7.70. The third kappa shape index (κ3) is 3.42. The molecule has 0 atom stereocenters. The van der Waals surface area contributed by atoms with Gasteiger partial charge < -0.3 is 9.72 Å². The molecule has 0 unspecified atom stereocenters. The Balaban J connectivity index is 1.75. The van der Waals surface area contributed by atoms with Gasteiger partial charge in [0.25, 0.3) is 5.56 Å². The van der Waals surface area contributed by atoms with Gasteiger partial charge in [-0.2, -0.15) is 0 Å². The largest absolute Gasteiger partial charge is 0.497 e. The van der Waals surface area contributed by atoms with Crippen molar-refractivity contribution in [3.05, 3.63) is 57.0 Å². The minimum absolute atomic E-state index is 0.0509. The van der Waals surface area contributed by atoms with E-state index in [4.69, 9.17) is 4.74 Å². The maximum atomic E-state index is 14.1. The number of aromatic nitrogens is 2. The number of aromatic amines is 1. The van der Waals surface area contributed by atoms with Gasteiger partial charge in [-0.05, 0) is 19.4 Å². The lowest BCUT2D eigenvalue weighted by Gasteiger charge is -2.20. The molecule has 6 heteroatoms. The predicted molar refractivity (Wildman–Crippen MR) is 85.2 cm³/mol. The van der Waals surface area contributed by atoms with Crippen molar-refractivity contribution in [1.29, 1.82) is 0 Å². The lowest BCUT2D eigenvalue weighted by Crippen LogP contribution is -2.26. The quantitative estimate of drug-likeness (QED) is 0.938. The Morgan fingerprint density at radius 1 is 1.35 bits per heavy atom. The third-order valence-corrected chi connectivity index (χ3v) is 4.22. The molecule has 0 amide bonds. The molecule has 1 aromatic carbocycles. The average Bonchev–Trinajstić information content (AvgIpc) is 2.72. The number of halogens is 1. The Morgan fingerprint density at radius 2 is 2.13 bits per heavy atom. The standard InChI is InChI=1S/C17H20FN3O2/c1-11-19-16-6-8-21(7-5-14(16)17(22)20-11)10-12-3-4-13(23-2)9-15(12)18/h3-4,9H,5-8,10H2,1-2H3,(H,19,20,22). The number of nitrogens with zero attached hydrogens (tertiary/aromatic N) is 2. The van der Waals surface area contributed by atoms with E-state index in [2.05, 4.69) is 14.9 Å². The van der Waals surface area contributed by atoms with Gasteiger partial charge in [0.15, 0.2) is 0 Å². The molecule has 0 spiro atoms. The zero-order valence-corrected chi connectivity index (χ0v) is 13.4. The predicted octanol–water partition coefficient (Wildman–Crippen LogP) is 1.83. The van der Waals surface area contributed by atoms with E-state index in [9.17, 15) is 9.18 Å². The number of H-pyrrole nitrogens is 1. The summed E-state index contributed by atoms with van der Waals surface area (Å²) in [5, 5.41) is 0. The van der Waals surface area contributed by atoms with E-state index in [0.717, 1.165) is 17.8 Å². The van der Waals surface area contributed by atoms with Crippen molar-refractivity contribution in [2.75, 3.05) is 20.2 Å². The molecule has 23 heavy (non-hydrogen) atoms. The van der Waals surface area contributed by atoms with Crippen LogP contribution in [0.5, 0.6) is 5.75 Å². The molecule has 0 saturated heterocycles. The molecule has 0 radical (unpaired) electrons. The summed E-state index contributed by atoms with van der Waals surface area (Å²) in [5.41, 5.74) is 2.21. The molecular weight excluding hydrogens is 297 g/mol. The van der Waals surface area contributed by atoms with Crippen LogP contribution in [0.25, 0.3) is 0 Å². The van der Waals surface area contributed by atoms with Gasteiger partial charge in [0.05, 0.1) is 12.8 Å². The highest BCUT2D eigenvalue weighted by atomic mass is 19.1. The number of fused-ring (bicyclic) bond motifs is 1. The normalized spacial score (nSPS) is 15.1. The van der Waals surface area contributed by atoms with Crippen molar-refractivity contribution in [2.24, 2.45) is 0 Å². The second-order valence-electron chi connectivity index (χ2n) is 5.81. The highest BCUT2D eigenvalue weighted by Crippen LogP contribution is 2.19. The summed E-state index contributed by atoms with van der Waals surface area (Å²) in [6, 6.07) is 4.92. The lowest BCUT2D eigenvalue weighted by atomic mass is 10.1. The van der Waals surface area contributed by atoms with Crippen LogP contribution in [0.3, 0.4) is 0 Å². The topological polar surface area (TPSA) is 58.2 Å². The van der Waals surface area contributed by atoms with Crippen LogP contribution in [-0.4, -0.2) is 35.1 Å². The van der Waals surface area contributed by atoms with Crippen LogP contribution >= 0.6 is 0 Å². The lowest BCUT2D eigenvalue weighted by molar-refractivity contribution is 0.274. The van der Waals surface area contributed by atoms with Crippen molar-refractivity contribution >= 4 is 0 Å². The molecule has 0 bridgehead atoms. The van der Waals surface area contributed by atoms with E-state index in [1.807, 2.05) is 0 Å². The average molecular weight is 317 g/mol. The van der Waals surface area contributed by atoms with Gasteiger partial charge in [-0.1, -0.05) is 6.07 Å². The first kappa shape index (κ1) is 15.7. The second kappa shape index (κ2) is 6.50. The Morgan fingerprint density at radius 3 is 2.87 bits per heavy atom. The van der Waals surface area contributed by atoms with Gasteiger partial charge in [-0.3, -0.25) is 9.69 Å². The molecule has 0 aliphatic carbocycles. The minimum atomic E-state index is -0.266. The van der Waals surface area contributed by atoms with Gasteiger partial charge in [-0.15, -0.1) is 0 Å². The number of aryl methyl sites for hydroxylation is 1. The number of ether oxygens (including phenoxy) is 1. The maximum Gasteiger partial charge on any atom is 0.254 e. The summed E-state index contributed by atoms with van der Waals surface area (Å²) in [4.78, 5) is 21.4. The Bertz CT molecular complexity index is 773. The summed E-state index contributed by atoms with van der Waals surface area (Å²) >= 11 is 0. The Hall–Kier alpha value is -2.21. The number of hydrogen-bond donors (Lipinski definition) is 1. The number of benzene rings is 1. The molecule has 3 rings (SSSR count). The van der Waals surface area contributed by atoms with E-state index in [-0.39, 0.29) is 11.4 Å². The summed E-state index contributed by atoms with van der Waals surface area (Å²) in [6.45, 7) is 3.78. The molecule has 1 aromatic heterocycles. The minimum Gasteiger partial charge on any atom is -0.497 e. The first-order valence-corrected chi connectivity index (χ1v) is 7.70. The fourth-order valence-electron chi connectivity index (χ4n) is 2.96. The number of rotatable bonds is 3. The van der Waals surface area contributed by atoms with Crippen LogP contribution in [0, 0.1) is 12.7 Å². The summed E-state index contributed by atoms with van der Waals surface area (Å²) in [5.74, 6) is 0.891. The van der Waals surface area contributed by atoms with Gasteiger partial charge in [0.2, 0.25) is 0 Å². The van der Waals surface area contributed by atoms with Crippen molar-refractivity contribution in [3.63, 3.8) is 0 Å². The molecule has 5 nitrogen and oxygen atoms in total. The molecule has 0 fully saturated rings. The van der Waals surface area contributed by atoms with Crippen molar-refractivity contribution in [1.82, 2.24) is 14.9 Å². The maximum absolute atomic E-state index is 14.1. The highest BCUT2D eigenvalue weighted by Gasteiger charge is 2.19. The SMILES string of the molecule is COc1ccc(CN2CCc3nc(C)[nH]c(=O)c3CC2)c(F)c1. The van der Waals surface area contributed by atoms with Gasteiger partial charge in [-0.25, -0.2) is 9.37 Å². The van der Waals surface area contributed by atoms with Crippen molar-refractivity contribution < 1.29 is 9.13 Å². The van der Waals surface area contributed by atoms with E-state index in [1.54, 1.807) is 19.1 Å². The molecule has 0 saturated carbocycles. The van der Waals surface area contributed by atoms with E-state index >= 15 is 0 Å². The van der Waals surface area contributed by atoms with Crippen LogP contribution in [0.1, 0.15) is 22.6 Å². The smallest absolute Gasteiger partial charge is 0.254 e. The van der Waals surface area contributed by atoms with Gasteiger partial charge in [0.1, 0.15) is 17.4 Å².